The van der Waals surface area contributed by atoms with Crippen LogP contribution in [-0.4, -0.2) is 10.9 Å². The van der Waals surface area contributed by atoms with Crippen molar-refractivity contribution in [2.75, 3.05) is 5.32 Å². The largest absolute Gasteiger partial charge is 0.445 e. The van der Waals surface area contributed by atoms with Gasteiger partial charge in [-0.1, -0.05) is 23.2 Å². The number of halogens is 2. The number of amides is 1. The summed E-state index contributed by atoms with van der Waals surface area (Å²) in [5, 5.41) is 3.65. The highest BCUT2D eigenvalue weighted by Crippen LogP contribution is 2.22. The Morgan fingerprint density at radius 3 is 2.42 bits per heavy atom. The van der Waals surface area contributed by atoms with Crippen molar-refractivity contribution in [3.63, 3.8) is 0 Å². The summed E-state index contributed by atoms with van der Waals surface area (Å²) in [6.45, 7) is 3.54. The molecule has 0 aliphatic heterocycles. The molecule has 1 N–H and O–H groups in total. The number of carbonyl (C=O) groups excluding carboxylic acids is 1. The molecule has 0 atom stereocenters. The van der Waals surface area contributed by atoms with Crippen molar-refractivity contribution in [3.8, 4) is 0 Å². The maximum atomic E-state index is 11.9. The summed E-state index contributed by atoms with van der Waals surface area (Å²) in [4.78, 5) is 16.0. The SMILES string of the molecule is Cc1nc(C)c(CC(=O)Nc2cc(Cl)cc(Cl)c2)o1. The maximum absolute atomic E-state index is 11.9. The predicted molar refractivity (Wildman–Crippen MR) is 74.8 cm³/mol. The summed E-state index contributed by atoms with van der Waals surface area (Å²) < 4.78 is 5.35. The molecule has 0 spiro atoms. The van der Waals surface area contributed by atoms with Crippen molar-refractivity contribution in [2.24, 2.45) is 0 Å². The van der Waals surface area contributed by atoms with Gasteiger partial charge >= 0.3 is 0 Å². The first kappa shape index (κ1) is 13.9. The van der Waals surface area contributed by atoms with Gasteiger partial charge in [-0.15, -0.1) is 0 Å². The van der Waals surface area contributed by atoms with Crippen LogP contribution in [0.15, 0.2) is 22.6 Å². The molecule has 2 rings (SSSR count). The minimum Gasteiger partial charge on any atom is -0.445 e. The summed E-state index contributed by atoms with van der Waals surface area (Å²) in [7, 11) is 0. The van der Waals surface area contributed by atoms with Gasteiger partial charge in [-0.3, -0.25) is 4.79 Å². The Morgan fingerprint density at radius 2 is 1.89 bits per heavy atom. The van der Waals surface area contributed by atoms with Gasteiger partial charge in [0.15, 0.2) is 5.89 Å². The fourth-order valence-corrected chi connectivity index (χ4v) is 2.24. The van der Waals surface area contributed by atoms with Crippen LogP contribution in [-0.2, 0) is 11.2 Å². The molecular weight excluding hydrogens is 287 g/mol. The van der Waals surface area contributed by atoms with Crippen molar-refractivity contribution in [1.82, 2.24) is 4.98 Å². The van der Waals surface area contributed by atoms with Gasteiger partial charge in [-0.2, -0.15) is 0 Å². The lowest BCUT2D eigenvalue weighted by atomic mass is 10.2. The van der Waals surface area contributed by atoms with Crippen LogP contribution in [0.3, 0.4) is 0 Å². The lowest BCUT2D eigenvalue weighted by Gasteiger charge is -2.05. The highest BCUT2D eigenvalue weighted by atomic mass is 35.5. The van der Waals surface area contributed by atoms with E-state index in [0.29, 0.717) is 27.4 Å². The number of oxazole rings is 1. The third-order valence-corrected chi connectivity index (χ3v) is 2.90. The first-order valence-electron chi connectivity index (χ1n) is 5.63. The Bertz CT molecular complexity index is 603. The van der Waals surface area contributed by atoms with Gasteiger partial charge in [0.25, 0.3) is 0 Å². The average Bonchev–Trinajstić information content (AvgIpc) is 2.55. The number of anilines is 1. The molecule has 0 unspecified atom stereocenters. The normalized spacial score (nSPS) is 10.5. The molecule has 0 fully saturated rings. The second-order valence-corrected chi connectivity index (χ2v) is 5.00. The number of rotatable bonds is 3. The summed E-state index contributed by atoms with van der Waals surface area (Å²) in [5.74, 6) is 0.895. The smallest absolute Gasteiger partial charge is 0.232 e. The van der Waals surface area contributed by atoms with E-state index in [1.165, 1.54) is 0 Å². The van der Waals surface area contributed by atoms with Gasteiger partial charge < -0.3 is 9.73 Å². The van der Waals surface area contributed by atoms with Gasteiger partial charge in [0, 0.05) is 22.7 Å². The third kappa shape index (κ3) is 3.72. The fraction of sp³-hybridized carbons (Fsp3) is 0.231. The fourth-order valence-electron chi connectivity index (χ4n) is 1.71. The van der Waals surface area contributed by atoms with E-state index < -0.39 is 0 Å². The van der Waals surface area contributed by atoms with Crippen LogP contribution in [0, 0.1) is 13.8 Å². The zero-order valence-electron chi connectivity index (χ0n) is 10.5. The van der Waals surface area contributed by atoms with Gasteiger partial charge in [0.05, 0.1) is 12.1 Å². The Balaban J connectivity index is 2.07. The minimum atomic E-state index is -0.211. The summed E-state index contributed by atoms with van der Waals surface area (Å²) in [6.07, 6.45) is 0.122. The van der Waals surface area contributed by atoms with Gasteiger partial charge in [-0.05, 0) is 25.1 Å². The predicted octanol–water partition coefficient (Wildman–Crippen LogP) is 3.78. The van der Waals surface area contributed by atoms with Crippen molar-refractivity contribution >= 4 is 34.8 Å². The molecule has 0 aliphatic carbocycles. The van der Waals surface area contributed by atoms with E-state index in [1.807, 2.05) is 0 Å². The number of nitrogens with one attached hydrogen (secondary N) is 1. The second-order valence-electron chi connectivity index (χ2n) is 4.12. The molecule has 4 nitrogen and oxygen atoms in total. The van der Waals surface area contributed by atoms with Crippen molar-refractivity contribution in [1.29, 1.82) is 0 Å². The molecule has 100 valence electrons. The minimum absolute atomic E-state index is 0.122. The number of hydrogen-bond donors (Lipinski definition) is 1. The molecule has 2 aromatic rings. The number of hydrogen-bond acceptors (Lipinski definition) is 3. The number of nitrogens with zero attached hydrogens (tertiary/aromatic N) is 1. The molecule has 6 heteroatoms. The van der Waals surface area contributed by atoms with E-state index >= 15 is 0 Å². The standard InChI is InChI=1S/C13H12Cl2N2O2/c1-7-12(19-8(2)16-7)6-13(18)17-11-4-9(14)3-10(15)5-11/h3-5H,6H2,1-2H3,(H,17,18). The molecule has 19 heavy (non-hydrogen) atoms. The topological polar surface area (TPSA) is 55.1 Å². The summed E-state index contributed by atoms with van der Waals surface area (Å²) in [5.41, 5.74) is 1.27. The monoisotopic (exact) mass is 298 g/mol. The maximum Gasteiger partial charge on any atom is 0.232 e. The van der Waals surface area contributed by atoms with Crippen LogP contribution >= 0.6 is 23.2 Å². The van der Waals surface area contributed by atoms with Crippen molar-refractivity contribution < 1.29 is 9.21 Å². The van der Waals surface area contributed by atoms with E-state index in [4.69, 9.17) is 27.6 Å². The molecular formula is C13H12Cl2N2O2. The second kappa shape index (κ2) is 5.63. The van der Waals surface area contributed by atoms with E-state index in [1.54, 1.807) is 32.0 Å². The number of aromatic nitrogens is 1. The molecule has 0 saturated carbocycles. The summed E-state index contributed by atoms with van der Waals surface area (Å²) >= 11 is 11.7. The Labute approximate surface area is 120 Å². The lowest BCUT2D eigenvalue weighted by molar-refractivity contribution is -0.115. The van der Waals surface area contributed by atoms with Crippen LogP contribution < -0.4 is 5.32 Å². The van der Waals surface area contributed by atoms with Crippen LogP contribution in [0.4, 0.5) is 5.69 Å². The van der Waals surface area contributed by atoms with Gasteiger partial charge in [-0.25, -0.2) is 4.98 Å². The Morgan fingerprint density at radius 1 is 1.26 bits per heavy atom. The highest BCUT2D eigenvalue weighted by molar-refractivity contribution is 6.35. The van der Waals surface area contributed by atoms with Crippen LogP contribution in [0.25, 0.3) is 0 Å². The quantitative estimate of drug-likeness (QED) is 0.938. The summed E-state index contributed by atoms with van der Waals surface area (Å²) in [6, 6.07) is 4.86. The molecule has 1 aromatic heterocycles. The third-order valence-electron chi connectivity index (χ3n) is 2.47. The first-order chi connectivity index (χ1) is 8.94. The molecule has 1 aromatic carbocycles. The zero-order chi connectivity index (χ0) is 14.0. The van der Waals surface area contributed by atoms with Crippen molar-refractivity contribution in [3.05, 3.63) is 45.6 Å². The molecule has 0 radical (unpaired) electrons. The van der Waals surface area contributed by atoms with E-state index in [0.717, 1.165) is 5.69 Å². The van der Waals surface area contributed by atoms with E-state index in [2.05, 4.69) is 10.3 Å². The number of aryl methyl sites for hydroxylation is 2. The number of benzene rings is 1. The Kier molecular flexibility index (Phi) is 4.12. The number of carbonyl (C=O) groups is 1. The highest BCUT2D eigenvalue weighted by Gasteiger charge is 2.12. The van der Waals surface area contributed by atoms with Crippen LogP contribution in [0.2, 0.25) is 10.0 Å². The molecule has 0 saturated heterocycles. The molecule has 0 aliphatic rings. The van der Waals surface area contributed by atoms with Crippen LogP contribution in [0.5, 0.6) is 0 Å². The van der Waals surface area contributed by atoms with Crippen LogP contribution in [0.1, 0.15) is 17.3 Å². The lowest BCUT2D eigenvalue weighted by Crippen LogP contribution is -2.14. The molecule has 1 heterocycles. The first-order valence-corrected chi connectivity index (χ1v) is 6.38. The molecule has 0 bridgehead atoms. The van der Waals surface area contributed by atoms with E-state index in [9.17, 15) is 4.79 Å². The zero-order valence-corrected chi connectivity index (χ0v) is 12.0. The van der Waals surface area contributed by atoms with Gasteiger partial charge in [0.2, 0.25) is 5.91 Å². The Hall–Kier alpha value is -1.52. The molecule has 1 amide bonds. The van der Waals surface area contributed by atoms with E-state index in [-0.39, 0.29) is 12.3 Å². The average molecular weight is 299 g/mol. The van der Waals surface area contributed by atoms with Gasteiger partial charge in [0.1, 0.15) is 5.76 Å². The van der Waals surface area contributed by atoms with Crippen molar-refractivity contribution in [2.45, 2.75) is 20.3 Å².